The molecule has 4 rings (SSSR count). The van der Waals surface area contributed by atoms with Crippen molar-refractivity contribution < 1.29 is 24.0 Å². The van der Waals surface area contributed by atoms with Crippen molar-refractivity contribution in [2.75, 3.05) is 49.5 Å². The van der Waals surface area contributed by atoms with E-state index in [4.69, 9.17) is 10.9 Å². The minimum Gasteiger partial charge on any atom is -0.367 e. The van der Waals surface area contributed by atoms with Gasteiger partial charge in [0, 0.05) is 55.1 Å². The summed E-state index contributed by atoms with van der Waals surface area (Å²) >= 11 is 0. The Morgan fingerprint density at radius 1 is 0.902 bits per heavy atom. The van der Waals surface area contributed by atoms with Gasteiger partial charge in [-0.15, -0.1) is 0 Å². The molecular formula is C30H31FN6O4. The average molecular weight is 559 g/mol. The predicted octanol–water partition coefficient (Wildman–Crippen LogP) is 1.55. The van der Waals surface area contributed by atoms with Gasteiger partial charge in [-0.25, -0.2) is 9.87 Å². The van der Waals surface area contributed by atoms with E-state index in [9.17, 15) is 18.8 Å². The Balaban J connectivity index is 1.24. The number of nitrogens with one attached hydrogen (secondary N) is 3. The SMILES string of the molecule is NC[C@H](NC(=O)c1ccc(C#Cc2ccc(NC(=O)CN3CCN(c4ccccc4F)CC3)cc2)cc1)C(=O)NO. The largest absolute Gasteiger partial charge is 0.367 e. The Bertz CT molecular complexity index is 1430. The normalized spacial score (nSPS) is 13.9. The number of hydrogen-bond acceptors (Lipinski definition) is 7. The second kappa shape index (κ2) is 14.0. The summed E-state index contributed by atoms with van der Waals surface area (Å²) in [6, 6.07) is 19.3. The molecule has 41 heavy (non-hydrogen) atoms. The molecule has 3 amide bonds. The fraction of sp³-hybridized carbons (Fsp3) is 0.233. The Morgan fingerprint density at radius 2 is 1.51 bits per heavy atom. The topological polar surface area (TPSA) is 140 Å². The van der Waals surface area contributed by atoms with Crippen LogP contribution in [0.3, 0.4) is 0 Å². The molecule has 1 aliphatic heterocycles. The Morgan fingerprint density at radius 3 is 2.10 bits per heavy atom. The van der Waals surface area contributed by atoms with Crippen molar-refractivity contribution in [1.29, 1.82) is 0 Å². The van der Waals surface area contributed by atoms with E-state index in [1.54, 1.807) is 60.7 Å². The maximum atomic E-state index is 14.0. The molecule has 0 spiro atoms. The zero-order valence-corrected chi connectivity index (χ0v) is 22.3. The molecule has 212 valence electrons. The summed E-state index contributed by atoms with van der Waals surface area (Å²) in [5.41, 5.74) is 9.90. The molecule has 10 nitrogen and oxygen atoms in total. The zero-order chi connectivity index (χ0) is 29.2. The number of piperazine rings is 1. The highest BCUT2D eigenvalue weighted by Crippen LogP contribution is 2.20. The highest BCUT2D eigenvalue weighted by Gasteiger charge is 2.21. The monoisotopic (exact) mass is 558 g/mol. The van der Waals surface area contributed by atoms with Crippen LogP contribution in [0.5, 0.6) is 0 Å². The van der Waals surface area contributed by atoms with E-state index in [0.29, 0.717) is 48.7 Å². The van der Waals surface area contributed by atoms with Gasteiger partial charge in [0.05, 0.1) is 12.2 Å². The molecule has 3 aromatic carbocycles. The number of para-hydroxylation sites is 1. The predicted molar refractivity (Wildman–Crippen MR) is 153 cm³/mol. The molecule has 1 fully saturated rings. The number of carbonyl (C=O) groups is 3. The van der Waals surface area contributed by atoms with Gasteiger partial charge in [0.15, 0.2) is 0 Å². The van der Waals surface area contributed by atoms with Crippen LogP contribution >= 0.6 is 0 Å². The number of nitrogens with two attached hydrogens (primary N) is 1. The van der Waals surface area contributed by atoms with E-state index in [1.807, 2.05) is 15.9 Å². The number of carbonyl (C=O) groups excluding carboxylic acids is 3. The fourth-order valence-electron chi connectivity index (χ4n) is 4.30. The van der Waals surface area contributed by atoms with E-state index in [0.717, 1.165) is 5.56 Å². The molecule has 11 heteroatoms. The smallest absolute Gasteiger partial charge is 0.267 e. The van der Waals surface area contributed by atoms with E-state index in [-0.39, 0.29) is 24.8 Å². The summed E-state index contributed by atoms with van der Waals surface area (Å²) in [5.74, 6) is 4.39. The van der Waals surface area contributed by atoms with Crippen molar-refractivity contribution in [1.82, 2.24) is 15.7 Å². The van der Waals surface area contributed by atoms with Crippen LogP contribution < -0.4 is 26.7 Å². The number of anilines is 2. The molecule has 1 atom stereocenters. The van der Waals surface area contributed by atoms with Gasteiger partial charge in [0.2, 0.25) is 5.91 Å². The molecule has 3 aromatic rings. The lowest BCUT2D eigenvalue weighted by molar-refractivity contribution is -0.130. The van der Waals surface area contributed by atoms with Crippen LogP contribution in [0.15, 0.2) is 72.8 Å². The minimum atomic E-state index is -1.05. The van der Waals surface area contributed by atoms with Gasteiger partial charge in [0.25, 0.3) is 11.8 Å². The van der Waals surface area contributed by atoms with Crippen molar-refractivity contribution >= 4 is 29.1 Å². The van der Waals surface area contributed by atoms with Crippen molar-refractivity contribution in [3.63, 3.8) is 0 Å². The van der Waals surface area contributed by atoms with Crippen LogP contribution in [0, 0.1) is 17.7 Å². The third-order valence-corrected chi connectivity index (χ3v) is 6.57. The fourth-order valence-corrected chi connectivity index (χ4v) is 4.30. The summed E-state index contributed by atoms with van der Waals surface area (Å²) < 4.78 is 14.0. The average Bonchev–Trinajstić information content (AvgIpc) is 3.00. The summed E-state index contributed by atoms with van der Waals surface area (Å²) in [4.78, 5) is 40.4. The number of rotatable bonds is 8. The highest BCUT2D eigenvalue weighted by molar-refractivity contribution is 5.97. The summed E-state index contributed by atoms with van der Waals surface area (Å²) in [7, 11) is 0. The Hall–Kier alpha value is -4.76. The first-order valence-corrected chi connectivity index (χ1v) is 13.0. The maximum Gasteiger partial charge on any atom is 0.267 e. The van der Waals surface area contributed by atoms with Crippen molar-refractivity contribution in [3.05, 3.63) is 95.3 Å². The van der Waals surface area contributed by atoms with E-state index in [2.05, 4.69) is 22.5 Å². The standard InChI is InChI=1S/C30H31FN6O4/c31-25-3-1-2-4-27(25)37-17-15-36(16-18-37)20-28(38)33-24-13-9-22(10-14-24)6-5-21-7-11-23(12-8-21)29(39)34-26(19-32)30(40)35-41/h1-4,7-14,26,41H,15-20,32H2,(H,33,38)(H,34,39)(H,35,40)/t26-/m0/s1. The number of hydrogen-bond donors (Lipinski definition) is 5. The van der Waals surface area contributed by atoms with Gasteiger partial charge >= 0.3 is 0 Å². The van der Waals surface area contributed by atoms with Crippen molar-refractivity contribution in [2.45, 2.75) is 6.04 Å². The van der Waals surface area contributed by atoms with Crippen LogP contribution in [0.4, 0.5) is 15.8 Å². The number of nitrogens with zero attached hydrogens (tertiary/aromatic N) is 2. The number of hydroxylamine groups is 1. The lowest BCUT2D eigenvalue weighted by Crippen LogP contribution is -2.50. The zero-order valence-electron chi connectivity index (χ0n) is 22.3. The summed E-state index contributed by atoms with van der Waals surface area (Å²) in [6.07, 6.45) is 0. The van der Waals surface area contributed by atoms with Gasteiger partial charge < -0.3 is 21.3 Å². The molecule has 0 aromatic heterocycles. The van der Waals surface area contributed by atoms with Gasteiger partial charge in [-0.1, -0.05) is 24.0 Å². The molecule has 0 unspecified atom stereocenters. The molecule has 1 aliphatic rings. The van der Waals surface area contributed by atoms with Crippen LogP contribution in [-0.2, 0) is 9.59 Å². The third-order valence-electron chi connectivity index (χ3n) is 6.57. The first-order valence-electron chi connectivity index (χ1n) is 13.0. The van der Waals surface area contributed by atoms with Crippen LogP contribution in [0.1, 0.15) is 21.5 Å². The van der Waals surface area contributed by atoms with E-state index >= 15 is 0 Å². The number of amides is 3. The number of benzene rings is 3. The summed E-state index contributed by atoms with van der Waals surface area (Å²) in [6.45, 7) is 2.71. The molecule has 1 saturated heterocycles. The molecule has 0 aliphatic carbocycles. The Kier molecular flexibility index (Phi) is 10.0. The second-order valence-electron chi connectivity index (χ2n) is 9.41. The molecular weight excluding hydrogens is 527 g/mol. The van der Waals surface area contributed by atoms with Crippen LogP contribution in [0.2, 0.25) is 0 Å². The van der Waals surface area contributed by atoms with Gasteiger partial charge in [0.1, 0.15) is 11.9 Å². The van der Waals surface area contributed by atoms with Crippen LogP contribution in [0.25, 0.3) is 0 Å². The molecule has 0 bridgehead atoms. The first-order chi connectivity index (χ1) is 19.9. The van der Waals surface area contributed by atoms with Crippen molar-refractivity contribution in [2.24, 2.45) is 5.73 Å². The highest BCUT2D eigenvalue weighted by atomic mass is 19.1. The molecule has 0 saturated carbocycles. The van der Waals surface area contributed by atoms with Gasteiger partial charge in [-0.05, 0) is 60.7 Å². The molecule has 0 radical (unpaired) electrons. The molecule has 1 heterocycles. The maximum absolute atomic E-state index is 14.0. The Labute approximate surface area is 237 Å². The van der Waals surface area contributed by atoms with Gasteiger partial charge in [-0.2, -0.15) is 0 Å². The lowest BCUT2D eigenvalue weighted by Gasteiger charge is -2.35. The molecule has 6 N–H and O–H groups in total. The van der Waals surface area contributed by atoms with Crippen molar-refractivity contribution in [3.8, 4) is 11.8 Å². The van der Waals surface area contributed by atoms with Gasteiger partial charge in [-0.3, -0.25) is 24.5 Å². The number of halogens is 1. The first kappa shape index (κ1) is 29.2. The van der Waals surface area contributed by atoms with E-state index in [1.165, 1.54) is 11.5 Å². The summed E-state index contributed by atoms with van der Waals surface area (Å²) in [5, 5.41) is 14.1. The third kappa shape index (κ3) is 8.12. The quantitative estimate of drug-likeness (QED) is 0.161. The lowest BCUT2D eigenvalue weighted by atomic mass is 10.1. The van der Waals surface area contributed by atoms with Crippen LogP contribution in [-0.4, -0.2) is 73.1 Å². The second-order valence-corrected chi connectivity index (χ2v) is 9.41. The van der Waals surface area contributed by atoms with E-state index < -0.39 is 17.9 Å². The minimum absolute atomic E-state index is 0.123.